The lowest BCUT2D eigenvalue weighted by molar-refractivity contribution is -0.697. The minimum atomic E-state index is 0.572. The zero-order valence-corrected chi connectivity index (χ0v) is 15.4. The Hall–Kier alpha value is -0.790. The Morgan fingerprint density at radius 1 is 0.773 bits per heavy atom. The first-order valence-electron chi connectivity index (χ1n) is 9.80. The predicted octanol–water partition coefficient (Wildman–Crippen LogP) is 6.06. The predicted molar refractivity (Wildman–Crippen MR) is 96.1 cm³/mol. The molecule has 2 heteroatoms. The molecule has 1 heterocycles. The summed E-state index contributed by atoms with van der Waals surface area (Å²) in [5, 5.41) is 0. The van der Waals surface area contributed by atoms with Gasteiger partial charge in [-0.1, -0.05) is 71.1 Å². The van der Waals surface area contributed by atoms with Crippen LogP contribution in [0.4, 0.5) is 0 Å². The summed E-state index contributed by atoms with van der Waals surface area (Å²) in [4.78, 5) is 0. The summed E-state index contributed by atoms with van der Waals surface area (Å²) in [5.74, 6) is 0. The van der Waals surface area contributed by atoms with Crippen LogP contribution in [0.2, 0.25) is 0 Å². The van der Waals surface area contributed by atoms with Crippen molar-refractivity contribution in [2.24, 2.45) is 0 Å². The molecule has 0 atom stereocenters. The van der Waals surface area contributed by atoms with E-state index in [0.717, 1.165) is 0 Å². The maximum absolute atomic E-state index is 2.33. The lowest BCUT2D eigenvalue weighted by atomic mass is 10.1. The third-order valence-corrected chi connectivity index (χ3v) is 4.58. The number of aromatic nitrogens is 2. The van der Waals surface area contributed by atoms with E-state index < -0.39 is 0 Å². The van der Waals surface area contributed by atoms with Crippen LogP contribution in [-0.4, -0.2) is 4.57 Å². The van der Waals surface area contributed by atoms with Crippen LogP contribution in [0.1, 0.15) is 104 Å². The number of aryl methyl sites for hydroxylation is 1. The van der Waals surface area contributed by atoms with Gasteiger partial charge in [-0.25, -0.2) is 9.13 Å². The highest BCUT2D eigenvalue weighted by atomic mass is 15.1. The molecule has 0 aliphatic rings. The van der Waals surface area contributed by atoms with Crippen molar-refractivity contribution in [2.75, 3.05) is 0 Å². The van der Waals surface area contributed by atoms with Gasteiger partial charge in [-0.05, 0) is 26.7 Å². The monoisotopic (exact) mass is 307 g/mol. The van der Waals surface area contributed by atoms with Crippen LogP contribution < -0.4 is 4.57 Å². The van der Waals surface area contributed by atoms with Gasteiger partial charge in [0.1, 0.15) is 12.4 Å². The summed E-state index contributed by atoms with van der Waals surface area (Å²) in [6, 6.07) is 0.572. The van der Waals surface area contributed by atoms with Crippen LogP contribution in [-0.2, 0) is 6.54 Å². The van der Waals surface area contributed by atoms with Crippen LogP contribution >= 0.6 is 0 Å². The van der Waals surface area contributed by atoms with Crippen molar-refractivity contribution in [1.82, 2.24) is 4.57 Å². The van der Waals surface area contributed by atoms with Crippen molar-refractivity contribution in [3.8, 4) is 0 Å². The normalized spacial score (nSPS) is 11.5. The molecular weight excluding hydrogens is 268 g/mol. The van der Waals surface area contributed by atoms with Crippen molar-refractivity contribution in [2.45, 2.75) is 110 Å². The van der Waals surface area contributed by atoms with Gasteiger partial charge in [0.15, 0.2) is 0 Å². The third kappa shape index (κ3) is 9.27. The average molecular weight is 308 g/mol. The molecule has 1 rings (SSSR count). The molecule has 0 aliphatic heterocycles. The van der Waals surface area contributed by atoms with E-state index in [-0.39, 0.29) is 0 Å². The first kappa shape index (κ1) is 19.3. The Balaban J connectivity index is 1.85. The topological polar surface area (TPSA) is 8.81 Å². The van der Waals surface area contributed by atoms with Gasteiger partial charge < -0.3 is 0 Å². The van der Waals surface area contributed by atoms with Crippen LogP contribution in [0.5, 0.6) is 0 Å². The van der Waals surface area contributed by atoms with Crippen molar-refractivity contribution in [3.63, 3.8) is 0 Å². The Morgan fingerprint density at radius 2 is 1.27 bits per heavy atom. The maximum Gasteiger partial charge on any atom is 0.243 e. The van der Waals surface area contributed by atoms with Crippen molar-refractivity contribution < 1.29 is 4.57 Å². The number of hydrogen-bond donors (Lipinski definition) is 0. The highest BCUT2D eigenvalue weighted by Crippen LogP contribution is 2.11. The van der Waals surface area contributed by atoms with Gasteiger partial charge in [-0.15, -0.1) is 0 Å². The van der Waals surface area contributed by atoms with Crippen LogP contribution in [0.15, 0.2) is 18.7 Å². The highest BCUT2D eigenvalue weighted by Gasteiger charge is 2.05. The molecule has 1 aromatic rings. The summed E-state index contributed by atoms with van der Waals surface area (Å²) in [6.45, 7) is 7.93. The number of hydrogen-bond acceptors (Lipinski definition) is 0. The second-order valence-electron chi connectivity index (χ2n) is 7.08. The minimum absolute atomic E-state index is 0.572. The SMILES string of the molecule is CCCCCCCCCCCCCC[n+]1ccn(C(C)C)c1. The van der Waals surface area contributed by atoms with E-state index in [1.54, 1.807) is 0 Å². The molecule has 0 aromatic carbocycles. The van der Waals surface area contributed by atoms with E-state index in [4.69, 9.17) is 0 Å². The fourth-order valence-corrected chi connectivity index (χ4v) is 2.98. The summed E-state index contributed by atoms with van der Waals surface area (Å²) < 4.78 is 4.61. The molecule has 1 aromatic heterocycles. The third-order valence-electron chi connectivity index (χ3n) is 4.58. The second kappa shape index (κ2) is 12.7. The van der Waals surface area contributed by atoms with E-state index in [1.807, 2.05) is 0 Å². The zero-order valence-electron chi connectivity index (χ0n) is 15.4. The van der Waals surface area contributed by atoms with Gasteiger partial charge in [-0.2, -0.15) is 0 Å². The largest absolute Gasteiger partial charge is 0.243 e. The molecule has 0 saturated carbocycles. The standard InChI is InChI=1S/C20H39N2/c1-4-5-6-7-8-9-10-11-12-13-14-15-16-21-17-18-22(19-21)20(2)3/h17-20H,4-16H2,1-3H3/q+1. The first-order chi connectivity index (χ1) is 10.7. The lowest BCUT2D eigenvalue weighted by Gasteiger charge is -2.02. The maximum atomic E-state index is 2.33. The number of unbranched alkanes of at least 4 members (excludes halogenated alkanes) is 11. The minimum Gasteiger partial charge on any atom is -0.237 e. The van der Waals surface area contributed by atoms with Gasteiger partial charge in [0.2, 0.25) is 6.33 Å². The highest BCUT2D eigenvalue weighted by molar-refractivity contribution is 4.69. The number of imidazole rings is 1. The van der Waals surface area contributed by atoms with Crippen LogP contribution in [0.25, 0.3) is 0 Å². The Bertz CT molecular complexity index is 354. The van der Waals surface area contributed by atoms with Crippen LogP contribution in [0, 0.1) is 0 Å². The Kier molecular flexibility index (Phi) is 11.1. The lowest BCUT2D eigenvalue weighted by Crippen LogP contribution is -2.31. The number of rotatable bonds is 14. The molecule has 0 bridgehead atoms. The second-order valence-corrected chi connectivity index (χ2v) is 7.08. The van der Waals surface area contributed by atoms with Crippen molar-refractivity contribution in [1.29, 1.82) is 0 Å². The van der Waals surface area contributed by atoms with Gasteiger partial charge in [-0.3, -0.25) is 0 Å². The molecule has 128 valence electrons. The smallest absolute Gasteiger partial charge is 0.237 e. The molecular formula is C20H39N2+. The summed E-state index contributed by atoms with van der Waals surface area (Å²) in [5.41, 5.74) is 0. The number of nitrogens with zero attached hydrogens (tertiary/aromatic N) is 2. The molecule has 0 radical (unpaired) electrons. The van der Waals surface area contributed by atoms with E-state index >= 15 is 0 Å². The molecule has 2 nitrogen and oxygen atoms in total. The van der Waals surface area contributed by atoms with Gasteiger partial charge in [0, 0.05) is 0 Å². The van der Waals surface area contributed by atoms with Crippen molar-refractivity contribution >= 4 is 0 Å². The van der Waals surface area contributed by atoms with Crippen molar-refractivity contribution in [3.05, 3.63) is 18.7 Å². The summed E-state index contributed by atoms with van der Waals surface area (Å²) >= 11 is 0. The summed E-state index contributed by atoms with van der Waals surface area (Å²) in [6.07, 6.45) is 23.7. The molecule has 0 fully saturated rings. The van der Waals surface area contributed by atoms with Crippen LogP contribution in [0.3, 0.4) is 0 Å². The quantitative estimate of drug-likeness (QED) is 0.292. The molecule has 0 unspecified atom stereocenters. The Labute approximate surface area is 138 Å². The fraction of sp³-hybridized carbons (Fsp3) is 0.850. The van der Waals surface area contributed by atoms with E-state index in [9.17, 15) is 0 Å². The zero-order chi connectivity index (χ0) is 16.0. The summed E-state index contributed by atoms with van der Waals surface area (Å²) in [7, 11) is 0. The van der Waals surface area contributed by atoms with E-state index in [2.05, 4.69) is 48.6 Å². The van der Waals surface area contributed by atoms with Gasteiger partial charge in [0.05, 0.1) is 12.6 Å². The molecule has 0 saturated heterocycles. The first-order valence-corrected chi connectivity index (χ1v) is 9.80. The molecule has 0 spiro atoms. The fourth-order valence-electron chi connectivity index (χ4n) is 2.98. The van der Waals surface area contributed by atoms with Gasteiger partial charge in [0.25, 0.3) is 0 Å². The molecule has 0 amide bonds. The van der Waals surface area contributed by atoms with E-state index in [1.165, 1.54) is 83.6 Å². The van der Waals surface area contributed by atoms with Gasteiger partial charge >= 0.3 is 0 Å². The Morgan fingerprint density at radius 3 is 1.73 bits per heavy atom. The molecule has 22 heavy (non-hydrogen) atoms. The van der Waals surface area contributed by atoms with E-state index in [0.29, 0.717) is 6.04 Å². The average Bonchev–Trinajstić information content (AvgIpc) is 2.97. The molecule has 0 N–H and O–H groups in total. The molecule has 0 aliphatic carbocycles.